The topological polar surface area (TPSA) is 88.2 Å². The van der Waals surface area contributed by atoms with E-state index in [4.69, 9.17) is 0 Å². The lowest BCUT2D eigenvalue weighted by Gasteiger charge is -2.09. The van der Waals surface area contributed by atoms with Gasteiger partial charge in [0.2, 0.25) is 0 Å². The molecule has 0 unspecified atom stereocenters. The van der Waals surface area contributed by atoms with Crippen molar-refractivity contribution in [3.63, 3.8) is 0 Å². The molecule has 1 atom stereocenters. The van der Waals surface area contributed by atoms with Crippen molar-refractivity contribution >= 4 is 37.9 Å². The lowest BCUT2D eigenvalue weighted by molar-refractivity contribution is 0.0935. The quantitative estimate of drug-likeness (QED) is 0.834. The Morgan fingerprint density at radius 2 is 1.96 bits per heavy atom. The van der Waals surface area contributed by atoms with E-state index in [1.165, 1.54) is 29.7 Å². The third-order valence-electron chi connectivity index (χ3n) is 3.26. The van der Waals surface area contributed by atoms with Crippen molar-refractivity contribution < 1.29 is 13.2 Å². The maximum absolute atomic E-state index is 12.0. The van der Waals surface area contributed by atoms with Crippen LogP contribution < -0.4 is 10.6 Å². The number of benzene rings is 1. The smallest absolute Gasteiger partial charge is 0.271 e. The second kappa shape index (κ2) is 7.10. The van der Waals surface area contributed by atoms with E-state index in [0.29, 0.717) is 16.5 Å². The van der Waals surface area contributed by atoms with Gasteiger partial charge in [0.05, 0.1) is 4.90 Å². The normalized spacial score (nSPS) is 12.7. The molecule has 23 heavy (non-hydrogen) atoms. The second-order valence-electron chi connectivity index (χ2n) is 5.24. The zero-order valence-corrected chi connectivity index (χ0v) is 14.8. The Hall–Kier alpha value is -1.93. The van der Waals surface area contributed by atoms with Crippen molar-refractivity contribution in [3.8, 4) is 0 Å². The van der Waals surface area contributed by atoms with Gasteiger partial charge in [-0.1, -0.05) is 6.92 Å². The van der Waals surface area contributed by atoms with E-state index in [1.807, 2.05) is 13.8 Å². The summed E-state index contributed by atoms with van der Waals surface area (Å²) in [7, 11) is -3.21. The van der Waals surface area contributed by atoms with Crippen LogP contribution in [0.5, 0.6) is 0 Å². The minimum Gasteiger partial charge on any atom is -0.348 e. The second-order valence-corrected chi connectivity index (χ2v) is 8.12. The van der Waals surface area contributed by atoms with Gasteiger partial charge < -0.3 is 10.6 Å². The van der Waals surface area contributed by atoms with Crippen LogP contribution >= 0.6 is 11.3 Å². The fourth-order valence-corrected chi connectivity index (χ4v) is 3.09. The molecule has 1 aromatic heterocycles. The minimum atomic E-state index is -3.21. The van der Waals surface area contributed by atoms with Gasteiger partial charge in [-0.2, -0.15) is 0 Å². The molecule has 0 aliphatic heterocycles. The van der Waals surface area contributed by atoms with E-state index in [1.54, 1.807) is 17.5 Å². The predicted molar refractivity (Wildman–Crippen MR) is 92.2 cm³/mol. The van der Waals surface area contributed by atoms with Crippen LogP contribution in [0.15, 0.2) is 34.5 Å². The van der Waals surface area contributed by atoms with Gasteiger partial charge in [0.15, 0.2) is 15.0 Å². The number of hydrogen-bond acceptors (Lipinski definition) is 6. The molecule has 0 saturated heterocycles. The SMILES string of the molecule is CC[C@@H](C)NC(=O)c1csc(Nc2ccc(S(C)(=O)=O)cc2)n1. The Labute approximate surface area is 139 Å². The fraction of sp³-hybridized carbons (Fsp3) is 0.333. The number of aromatic nitrogens is 1. The number of carbonyl (C=O) groups excluding carboxylic acids is 1. The predicted octanol–water partition coefficient (Wildman–Crippen LogP) is 2.82. The number of amides is 1. The first-order valence-electron chi connectivity index (χ1n) is 7.13. The average Bonchev–Trinajstić information content (AvgIpc) is 2.95. The Balaban J connectivity index is 2.06. The number of nitrogens with zero attached hydrogens (tertiary/aromatic N) is 1. The summed E-state index contributed by atoms with van der Waals surface area (Å²) >= 11 is 1.32. The van der Waals surface area contributed by atoms with Gasteiger partial charge in [0.25, 0.3) is 5.91 Å². The van der Waals surface area contributed by atoms with Gasteiger partial charge in [-0.05, 0) is 37.6 Å². The molecule has 0 saturated carbocycles. The lowest BCUT2D eigenvalue weighted by atomic mass is 10.2. The number of anilines is 2. The molecule has 2 aromatic rings. The first-order chi connectivity index (χ1) is 10.8. The first kappa shape index (κ1) is 17.4. The molecular weight excluding hydrogens is 334 g/mol. The van der Waals surface area contributed by atoms with Crippen LogP contribution in [-0.4, -0.2) is 31.6 Å². The van der Waals surface area contributed by atoms with Gasteiger partial charge in [0.1, 0.15) is 5.69 Å². The highest BCUT2D eigenvalue weighted by Gasteiger charge is 2.13. The standard InChI is InChI=1S/C15H19N3O3S2/c1-4-10(2)16-14(19)13-9-22-15(18-13)17-11-5-7-12(8-6-11)23(3,20)21/h5-10H,4H2,1-3H3,(H,16,19)(H,17,18)/t10-/m1/s1. The zero-order chi connectivity index (χ0) is 17.0. The number of sulfone groups is 1. The molecule has 0 radical (unpaired) electrons. The number of nitrogens with one attached hydrogen (secondary N) is 2. The molecule has 0 aliphatic rings. The Bertz CT molecular complexity index is 783. The van der Waals surface area contributed by atoms with Gasteiger partial charge >= 0.3 is 0 Å². The largest absolute Gasteiger partial charge is 0.348 e. The Kier molecular flexibility index (Phi) is 5.38. The molecule has 6 nitrogen and oxygen atoms in total. The molecule has 0 aliphatic carbocycles. The van der Waals surface area contributed by atoms with Crippen molar-refractivity contribution in [1.29, 1.82) is 0 Å². The van der Waals surface area contributed by atoms with Crippen LogP contribution in [0.1, 0.15) is 30.8 Å². The van der Waals surface area contributed by atoms with Crippen molar-refractivity contribution in [1.82, 2.24) is 10.3 Å². The van der Waals surface area contributed by atoms with Crippen molar-refractivity contribution in [2.24, 2.45) is 0 Å². The molecule has 0 bridgehead atoms. The third kappa shape index (κ3) is 4.77. The lowest BCUT2D eigenvalue weighted by Crippen LogP contribution is -2.32. The molecule has 2 rings (SSSR count). The highest BCUT2D eigenvalue weighted by Crippen LogP contribution is 2.22. The highest BCUT2D eigenvalue weighted by atomic mass is 32.2. The summed E-state index contributed by atoms with van der Waals surface area (Å²) in [5.41, 5.74) is 1.08. The monoisotopic (exact) mass is 353 g/mol. The Morgan fingerprint density at radius 1 is 1.30 bits per heavy atom. The summed E-state index contributed by atoms with van der Waals surface area (Å²) in [5, 5.41) is 8.18. The van der Waals surface area contributed by atoms with Gasteiger partial charge in [-0.25, -0.2) is 13.4 Å². The molecule has 1 heterocycles. The number of hydrogen-bond donors (Lipinski definition) is 2. The van der Waals surface area contributed by atoms with Gasteiger partial charge in [-0.15, -0.1) is 11.3 Å². The van der Waals surface area contributed by atoms with Crippen LogP contribution in [0.4, 0.5) is 10.8 Å². The summed E-state index contributed by atoms with van der Waals surface area (Å²) < 4.78 is 22.8. The van der Waals surface area contributed by atoms with E-state index in [2.05, 4.69) is 15.6 Å². The maximum atomic E-state index is 12.0. The summed E-state index contributed by atoms with van der Waals surface area (Å²) in [6, 6.07) is 6.49. The van der Waals surface area contributed by atoms with E-state index in [0.717, 1.165) is 6.42 Å². The molecule has 2 N–H and O–H groups in total. The molecule has 124 valence electrons. The Morgan fingerprint density at radius 3 is 2.52 bits per heavy atom. The zero-order valence-electron chi connectivity index (χ0n) is 13.2. The van der Waals surface area contributed by atoms with Crippen LogP contribution in [0.2, 0.25) is 0 Å². The van der Waals surface area contributed by atoms with Crippen LogP contribution in [0.3, 0.4) is 0 Å². The van der Waals surface area contributed by atoms with E-state index in [9.17, 15) is 13.2 Å². The summed E-state index contributed by atoms with van der Waals surface area (Å²) in [6.07, 6.45) is 2.02. The van der Waals surface area contributed by atoms with E-state index < -0.39 is 9.84 Å². The molecule has 1 aromatic carbocycles. The molecular formula is C15H19N3O3S2. The number of thiazole rings is 1. The molecule has 0 spiro atoms. The average molecular weight is 353 g/mol. The van der Waals surface area contributed by atoms with Crippen molar-refractivity contribution in [3.05, 3.63) is 35.3 Å². The molecule has 0 fully saturated rings. The maximum Gasteiger partial charge on any atom is 0.271 e. The van der Waals surface area contributed by atoms with Crippen LogP contribution in [0, 0.1) is 0 Å². The number of rotatable bonds is 6. The van der Waals surface area contributed by atoms with E-state index in [-0.39, 0.29) is 16.8 Å². The fourth-order valence-electron chi connectivity index (χ4n) is 1.74. The third-order valence-corrected chi connectivity index (χ3v) is 5.15. The van der Waals surface area contributed by atoms with Crippen molar-refractivity contribution in [2.45, 2.75) is 31.2 Å². The van der Waals surface area contributed by atoms with Crippen molar-refractivity contribution in [2.75, 3.05) is 11.6 Å². The van der Waals surface area contributed by atoms with Gasteiger partial charge in [-0.3, -0.25) is 4.79 Å². The number of carbonyl (C=O) groups is 1. The summed E-state index contributed by atoms with van der Waals surface area (Å²) in [5.74, 6) is -0.198. The van der Waals surface area contributed by atoms with Crippen LogP contribution in [-0.2, 0) is 9.84 Å². The first-order valence-corrected chi connectivity index (χ1v) is 9.90. The highest BCUT2D eigenvalue weighted by molar-refractivity contribution is 7.90. The van der Waals surface area contributed by atoms with Crippen LogP contribution in [0.25, 0.3) is 0 Å². The minimum absolute atomic E-state index is 0.101. The molecule has 8 heteroatoms. The van der Waals surface area contributed by atoms with E-state index >= 15 is 0 Å². The molecule has 1 amide bonds. The van der Waals surface area contributed by atoms with Gasteiger partial charge in [0, 0.05) is 23.4 Å². The summed E-state index contributed by atoms with van der Waals surface area (Å²) in [6.45, 7) is 3.94. The summed E-state index contributed by atoms with van der Waals surface area (Å²) in [4.78, 5) is 16.5.